The van der Waals surface area contributed by atoms with Crippen molar-refractivity contribution in [3.05, 3.63) is 45.9 Å². The SMILES string of the molecule is COC(=O)C(=C=[N-])C=C(C=C(C#N)C(=O)OC)/C=C(\C#N)C(=O)OC. The van der Waals surface area contributed by atoms with Crippen LogP contribution in [0.2, 0.25) is 0 Å². The maximum atomic E-state index is 11.5. The van der Waals surface area contributed by atoms with Gasteiger partial charge in [-0.2, -0.15) is 10.5 Å². The summed E-state index contributed by atoms with van der Waals surface area (Å²) in [5, 5.41) is 26.9. The number of nitrogens with zero attached hydrogens (tertiary/aromatic N) is 3. The molecular formula is C16H12N3O6-. The van der Waals surface area contributed by atoms with E-state index in [0.717, 1.165) is 39.6 Å². The summed E-state index contributed by atoms with van der Waals surface area (Å²) < 4.78 is 13.2. The molecule has 0 aliphatic heterocycles. The Kier molecular flexibility index (Phi) is 9.04. The monoisotopic (exact) mass is 342 g/mol. The highest BCUT2D eigenvalue weighted by atomic mass is 16.5. The summed E-state index contributed by atoms with van der Waals surface area (Å²) in [6.45, 7) is 0. The average molecular weight is 342 g/mol. The molecule has 0 rings (SSSR count). The minimum absolute atomic E-state index is 0.147. The third-order valence-electron chi connectivity index (χ3n) is 2.51. The number of esters is 3. The first-order valence-corrected chi connectivity index (χ1v) is 6.35. The van der Waals surface area contributed by atoms with Crippen LogP contribution in [0.4, 0.5) is 0 Å². The van der Waals surface area contributed by atoms with Crippen LogP contribution in [0.1, 0.15) is 0 Å². The Morgan fingerprint density at radius 1 is 0.800 bits per heavy atom. The molecule has 0 heterocycles. The standard InChI is InChI=1S/C16H12N3O6/c1-23-14(20)11(7-17)4-10(5-12(8-18)15(21)24-2)6-13(9-19)16(22)25-3/h4-6H,1-3H3/q-1/b10-4?,12-5+,13-6?. The number of carbonyl (C=O) groups is 3. The third kappa shape index (κ3) is 6.37. The molecular weight excluding hydrogens is 330 g/mol. The van der Waals surface area contributed by atoms with Gasteiger partial charge in [0.15, 0.2) is 0 Å². The summed E-state index contributed by atoms with van der Waals surface area (Å²) in [5.41, 5.74) is -1.62. The van der Waals surface area contributed by atoms with Crippen LogP contribution >= 0.6 is 0 Å². The molecule has 0 radical (unpaired) electrons. The van der Waals surface area contributed by atoms with Crippen molar-refractivity contribution in [1.82, 2.24) is 0 Å². The molecule has 128 valence electrons. The zero-order valence-corrected chi connectivity index (χ0v) is 13.5. The number of methoxy groups -OCH3 is 3. The third-order valence-corrected chi connectivity index (χ3v) is 2.51. The topological polar surface area (TPSA) is 149 Å². The second kappa shape index (κ2) is 10.7. The first-order valence-electron chi connectivity index (χ1n) is 6.35. The van der Waals surface area contributed by atoms with Gasteiger partial charge in [0.25, 0.3) is 0 Å². The van der Waals surface area contributed by atoms with E-state index < -0.39 is 34.6 Å². The number of ether oxygens (including phenoxy) is 3. The lowest BCUT2D eigenvalue weighted by Crippen LogP contribution is -2.06. The minimum Gasteiger partial charge on any atom is -0.763 e. The molecule has 0 atom stereocenters. The van der Waals surface area contributed by atoms with E-state index in [1.165, 1.54) is 0 Å². The first kappa shape index (κ1) is 21.1. The second-order valence-corrected chi connectivity index (χ2v) is 3.98. The van der Waals surface area contributed by atoms with Gasteiger partial charge in [0.05, 0.1) is 26.9 Å². The summed E-state index contributed by atoms with van der Waals surface area (Å²) in [4.78, 5) is 34.5. The Bertz CT molecular complexity index is 753. The van der Waals surface area contributed by atoms with Crippen LogP contribution in [0.25, 0.3) is 5.41 Å². The molecule has 0 saturated heterocycles. The molecule has 0 spiro atoms. The summed E-state index contributed by atoms with van der Waals surface area (Å²) in [5.74, 6) is -1.41. The highest BCUT2D eigenvalue weighted by Gasteiger charge is 2.14. The highest BCUT2D eigenvalue weighted by Crippen LogP contribution is 2.13. The van der Waals surface area contributed by atoms with Crippen LogP contribution in [0, 0.1) is 22.7 Å². The normalized spacial score (nSPS) is 11.3. The van der Waals surface area contributed by atoms with Gasteiger partial charge in [0.2, 0.25) is 0 Å². The van der Waals surface area contributed by atoms with Gasteiger partial charge in [0, 0.05) is 0 Å². The molecule has 0 aromatic heterocycles. The van der Waals surface area contributed by atoms with Crippen molar-refractivity contribution < 1.29 is 28.6 Å². The number of allylic oxidation sites excluding steroid dienone is 3. The van der Waals surface area contributed by atoms with Crippen molar-refractivity contribution in [3.8, 4) is 12.1 Å². The Hall–Kier alpha value is -3.94. The minimum atomic E-state index is -0.991. The summed E-state index contributed by atoms with van der Waals surface area (Å²) in [7, 11) is 3.13. The molecule has 0 N–H and O–H groups in total. The molecule has 0 fully saturated rings. The summed E-state index contributed by atoms with van der Waals surface area (Å²) in [6, 6.07) is 3.12. The van der Waals surface area contributed by atoms with E-state index in [1.54, 1.807) is 18.0 Å². The lowest BCUT2D eigenvalue weighted by molar-refractivity contribution is -0.136. The molecule has 0 aliphatic rings. The molecule has 0 saturated carbocycles. The molecule has 0 aromatic carbocycles. The fraction of sp³-hybridized carbons (Fsp3) is 0.188. The van der Waals surface area contributed by atoms with Crippen LogP contribution < -0.4 is 0 Å². The van der Waals surface area contributed by atoms with Gasteiger partial charge in [0.1, 0.15) is 23.3 Å². The largest absolute Gasteiger partial charge is 0.763 e. The number of carbonyl (C=O) groups excluding carboxylic acids is 3. The first-order chi connectivity index (χ1) is 11.9. The lowest BCUT2D eigenvalue weighted by atomic mass is 10.1. The Morgan fingerprint density at radius 3 is 1.48 bits per heavy atom. The zero-order valence-electron chi connectivity index (χ0n) is 13.5. The Morgan fingerprint density at radius 2 is 1.20 bits per heavy atom. The Labute approximate surface area is 143 Å². The van der Waals surface area contributed by atoms with E-state index in [2.05, 4.69) is 14.2 Å². The van der Waals surface area contributed by atoms with Crippen LogP contribution in [0.3, 0.4) is 0 Å². The van der Waals surface area contributed by atoms with E-state index in [9.17, 15) is 14.4 Å². The maximum absolute atomic E-state index is 11.5. The van der Waals surface area contributed by atoms with E-state index in [4.69, 9.17) is 15.9 Å². The van der Waals surface area contributed by atoms with Crippen LogP contribution in [-0.4, -0.2) is 45.1 Å². The average Bonchev–Trinajstić information content (AvgIpc) is 2.65. The number of nitriles is 2. The van der Waals surface area contributed by atoms with Gasteiger partial charge in [-0.05, 0) is 23.8 Å². The van der Waals surface area contributed by atoms with E-state index in [1.807, 2.05) is 0 Å². The van der Waals surface area contributed by atoms with Crippen molar-refractivity contribution >= 4 is 23.8 Å². The van der Waals surface area contributed by atoms with Crippen molar-refractivity contribution in [1.29, 1.82) is 10.5 Å². The summed E-state index contributed by atoms with van der Waals surface area (Å²) in [6.07, 6.45) is 2.81. The number of hydrogen-bond acceptors (Lipinski definition) is 8. The molecule has 9 heteroatoms. The lowest BCUT2D eigenvalue weighted by Gasteiger charge is -2.03. The predicted octanol–water partition coefficient (Wildman–Crippen LogP) is 0.497. The van der Waals surface area contributed by atoms with Gasteiger partial charge in [-0.15, -0.1) is 0 Å². The van der Waals surface area contributed by atoms with E-state index in [-0.39, 0.29) is 5.57 Å². The summed E-state index contributed by atoms with van der Waals surface area (Å²) >= 11 is 0. The van der Waals surface area contributed by atoms with Crippen molar-refractivity contribution in [3.63, 3.8) is 0 Å². The van der Waals surface area contributed by atoms with Gasteiger partial charge in [-0.3, -0.25) is 5.87 Å². The smallest absolute Gasteiger partial charge is 0.348 e. The van der Waals surface area contributed by atoms with Crippen LogP contribution in [0.15, 0.2) is 40.5 Å². The molecule has 0 aromatic rings. The quantitative estimate of drug-likeness (QED) is 0.169. The number of hydrogen-bond donors (Lipinski definition) is 0. The maximum Gasteiger partial charge on any atom is 0.348 e. The molecule has 25 heavy (non-hydrogen) atoms. The van der Waals surface area contributed by atoms with Gasteiger partial charge in [-0.25, -0.2) is 14.4 Å². The van der Waals surface area contributed by atoms with E-state index >= 15 is 0 Å². The van der Waals surface area contributed by atoms with E-state index in [0.29, 0.717) is 0 Å². The van der Waals surface area contributed by atoms with Crippen LogP contribution in [-0.2, 0) is 28.6 Å². The van der Waals surface area contributed by atoms with Crippen molar-refractivity contribution in [2.24, 2.45) is 0 Å². The number of rotatable bonds is 6. The Balaban J connectivity index is 6.45. The fourth-order valence-corrected chi connectivity index (χ4v) is 1.37. The molecule has 0 aliphatic carbocycles. The zero-order chi connectivity index (χ0) is 19.4. The van der Waals surface area contributed by atoms with Crippen LogP contribution in [0.5, 0.6) is 0 Å². The molecule has 0 unspecified atom stereocenters. The van der Waals surface area contributed by atoms with Gasteiger partial charge >= 0.3 is 17.9 Å². The molecule has 0 amide bonds. The predicted molar refractivity (Wildman–Crippen MR) is 83.4 cm³/mol. The highest BCUT2D eigenvalue weighted by molar-refractivity contribution is 6.02. The van der Waals surface area contributed by atoms with Gasteiger partial charge < -0.3 is 19.6 Å². The fourth-order valence-electron chi connectivity index (χ4n) is 1.37. The van der Waals surface area contributed by atoms with Crippen molar-refractivity contribution in [2.45, 2.75) is 0 Å². The molecule has 0 bridgehead atoms. The second-order valence-electron chi connectivity index (χ2n) is 3.98. The van der Waals surface area contributed by atoms with Crippen molar-refractivity contribution in [2.75, 3.05) is 21.3 Å². The van der Waals surface area contributed by atoms with Gasteiger partial charge in [-0.1, -0.05) is 0 Å². The molecule has 9 nitrogen and oxygen atoms in total.